The molecule has 0 unspecified atom stereocenters. The number of alkyl halides is 2. The van der Waals surface area contributed by atoms with Crippen LogP contribution in [0.25, 0.3) is 32.8 Å². The van der Waals surface area contributed by atoms with Crippen LogP contribution in [0.5, 0.6) is 11.8 Å². The van der Waals surface area contributed by atoms with Gasteiger partial charge in [-0.2, -0.15) is 9.97 Å². The van der Waals surface area contributed by atoms with E-state index >= 15 is 13.2 Å². The van der Waals surface area contributed by atoms with Gasteiger partial charge in [-0.3, -0.25) is 4.79 Å². The minimum Gasteiger partial charge on any atom is -0.508 e. The van der Waals surface area contributed by atoms with Crippen molar-refractivity contribution in [1.29, 1.82) is 0 Å². The molecule has 8 nitrogen and oxygen atoms in total. The van der Waals surface area contributed by atoms with Gasteiger partial charge in [0.25, 0.3) is 5.92 Å². The van der Waals surface area contributed by atoms with Crippen LogP contribution in [0.15, 0.2) is 43.0 Å². The number of halogens is 5. The Balaban J connectivity index is 1.56. The average molecular weight is 668 g/mol. The number of benzene rings is 3. The first-order valence-corrected chi connectivity index (χ1v) is 15.3. The van der Waals surface area contributed by atoms with E-state index in [4.69, 9.17) is 22.8 Å². The van der Waals surface area contributed by atoms with Crippen molar-refractivity contribution < 1.29 is 32.2 Å². The molecule has 2 saturated heterocycles. The molecule has 4 aromatic rings. The highest BCUT2D eigenvalue weighted by molar-refractivity contribution is 6.35. The van der Waals surface area contributed by atoms with Crippen molar-refractivity contribution >= 4 is 45.0 Å². The molecule has 0 aliphatic carbocycles. The van der Waals surface area contributed by atoms with E-state index in [1.807, 2.05) is 7.05 Å². The van der Waals surface area contributed by atoms with Crippen LogP contribution in [0, 0.1) is 24.0 Å². The minimum atomic E-state index is -3.36. The third-order valence-corrected chi connectivity index (χ3v) is 8.95. The van der Waals surface area contributed by atoms with Gasteiger partial charge in [-0.25, -0.2) is 17.6 Å². The van der Waals surface area contributed by atoms with E-state index in [1.165, 1.54) is 29.2 Å². The summed E-state index contributed by atoms with van der Waals surface area (Å²) < 4.78 is 68.2. The van der Waals surface area contributed by atoms with E-state index < -0.39 is 36.6 Å². The number of phenolic OH excluding ortho intramolecular Hbond substituents is 1. The van der Waals surface area contributed by atoms with E-state index in [0.29, 0.717) is 5.39 Å². The highest BCUT2D eigenvalue weighted by atomic mass is 35.5. The first kappa shape index (κ1) is 32.3. The number of amides is 1. The molecular weight excluding hydrogens is 638 g/mol. The first-order valence-electron chi connectivity index (χ1n) is 14.9. The summed E-state index contributed by atoms with van der Waals surface area (Å²) in [4.78, 5) is 25.5. The van der Waals surface area contributed by atoms with Crippen molar-refractivity contribution in [2.24, 2.45) is 0 Å². The van der Waals surface area contributed by atoms with Crippen molar-refractivity contribution in [3.05, 3.63) is 65.2 Å². The third kappa shape index (κ3) is 6.13. The second kappa shape index (κ2) is 12.5. The Morgan fingerprint density at radius 3 is 2.70 bits per heavy atom. The molecule has 2 aliphatic rings. The number of hydrogen-bond donors (Lipinski definition) is 1. The molecule has 0 bridgehead atoms. The van der Waals surface area contributed by atoms with Crippen LogP contribution in [0.2, 0.25) is 5.02 Å². The topological polar surface area (TPSA) is 82.0 Å². The number of aromatic hydroxyl groups is 1. The predicted octanol–water partition coefficient (Wildman–Crippen LogP) is 6.01. The van der Waals surface area contributed by atoms with Gasteiger partial charge in [-0.05, 0) is 67.7 Å². The lowest BCUT2D eigenvalue weighted by atomic mass is 9.93. The standard InChI is InChI=1S/C34H30ClF4N5O3/c1-4-22-26(36)9-8-19-13-21(45)14-23(28(19)22)29-25(35)15-24-31(30(29)37)40-33(47-16-20-7-6-10-42(20)3)41-32(24)44-12-11-43(27(46)5-2)17-34(38,39)18-44/h1,5,8-9,13-15,20,45H,2,6-7,10-12,16-18H2,3H3/t20-/m0/s1. The highest BCUT2D eigenvalue weighted by Gasteiger charge is 2.39. The van der Waals surface area contributed by atoms with Crippen LogP contribution in [-0.2, 0) is 4.79 Å². The van der Waals surface area contributed by atoms with Gasteiger partial charge in [0.15, 0.2) is 5.82 Å². The molecule has 0 saturated carbocycles. The summed E-state index contributed by atoms with van der Waals surface area (Å²) in [6.07, 6.45) is 8.43. The number of aromatic nitrogens is 2. The predicted molar refractivity (Wildman–Crippen MR) is 172 cm³/mol. The molecule has 0 radical (unpaired) electrons. The maximum atomic E-state index is 16.9. The van der Waals surface area contributed by atoms with Crippen LogP contribution in [-0.4, -0.2) is 89.1 Å². The molecular formula is C34H30ClF4N5O3. The lowest BCUT2D eigenvalue weighted by Crippen LogP contribution is -2.41. The van der Waals surface area contributed by atoms with E-state index in [-0.39, 0.29) is 81.3 Å². The van der Waals surface area contributed by atoms with Gasteiger partial charge in [0, 0.05) is 35.5 Å². The summed E-state index contributed by atoms with van der Waals surface area (Å²) in [7, 11) is 1.95. The quantitative estimate of drug-likeness (QED) is 0.153. The Bertz CT molecular complexity index is 1970. The number of nitrogens with zero attached hydrogens (tertiary/aromatic N) is 5. The molecule has 6 rings (SSSR count). The molecule has 1 atom stereocenters. The molecule has 244 valence electrons. The fourth-order valence-electron chi connectivity index (χ4n) is 6.34. The molecule has 2 fully saturated rings. The molecule has 3 aromatic carbocycles. The van der Waals surface area contributed by atoms with E-state index in [1.54, 1.807) is 0 Å². The smallest absolute Gasteiger partial charge is 0.319 e. The van der Waals surface area contributed by atoms with Gasteiger partial charge < -0.3 is 24.5 Å². The van der Waals surface area contributed by atoms with Crippen LogP contribution in [0.3, 0.4) is 0 Å². The number of likely N-dealkylation sites (N-methyl/N-ethyl adjacent to an activating group) is 1. The monoisotopic (exact) mass is 667 g/mol. The van der Waals surface area contributed by atoms with Crippen molar-refractivity contribution in [1.82, 2.24) is 19.8 Å². The zero-order chi connectivity index (χ0) is 33.6. The highest BCUT2D eigenvalue weighted by Crippen LogP contribution is 2.44. The number of rotatable bonds is 6. The Kier molecular flexibility index (Phi) is 8.63. The number of anilines is 1. The fraction of sp³-hybridized carbons (Fsp3) is 0.324. The summed E-state index contributed by atoms with van der Waals surface area (Å²) in [5.41, 5.74) is -0.693. The van der Waals surface area contributed by atoms with Gasteiger partial charge in [0.2, 0.25) is 5.91 Å². The van der Waals surface area contributed by atoms with Crippen LogP contribution in [0.1, 0.15) is 18.4 Å². The second-order valence-corrected chi connectivity index (χ2v) is 12.2. The summed E-state index contributed by atoms with van der Waals surface area (Å²) in [6.45, 7) is 2.60. The molecule has 0 spiro atoms. The van der Waals surface area contributed by atoms with Gasteiger partial charge in [-0.1, -0.05) is 30.2 Å². The maximum Gasteiger partial charge on any atom is 0.319 e. The number of fused-ring (bicyclic) bond motifs is 2. The van der Waals surface area contributed by atoms with Gasteiger partial charge in [-0.15, -0.1) is 6.42 Å². The average Bonchev–Trinajstić information content (AvgIpc) is 3.37. The van der Waals surface area contributed by atoms with Gasteiger partial charge in [0.05, 0.1) is 23.7 Å². The molecule has 13 heteroatoms. The molecule has 1 N–H and O–H groups in total. The van der Waals surface area contributed by atoms with Crippen LogP contribution < -0.4 is 9.64 Å². The zero-order valence-electron chi connectivity index (χ0n) is 25.4. The molecule has 3 heterocycles. The lowest BCUT2D eigenvalue weighted by Gasteiger charge is -2.26. The van der Waals surface area contributed by atoms with Gasteiger partial charge >= 0.3 is 6.01 Å². The number of phenols is 1. The Morgan fingerprint density at radius 1 is 1.21 bits per heavy atom. The van der Waals surface area contributed by atoms with Crippen LogP contribution >= 0.6 is 11.6 Å². The molecule has 1 amide bonds. The van der Waals surface area contributed by atoms with Crippen molar-refractivity contribution in [3.63, 3.8) is 0 Å². The number of carbonyl (C=O) groups excluding carboxylic acids is 1. The maximum absolute atomic E-state index is 16.9. The summed E-state index contributed by atoms with van der Waals surface area (Å²) in [5, 5.41) is 10.8. The first-order chi connectivity index (χ1) is 22.4. The van der Waals surface area contributed by atoms with E-state index in [9.17, 15) is 14.3 Å². The largest absolute Gasteiger partial charge is 0.508 e. The summed E-state index contributed by atoms with van der Waals surface area (Å²) in [6, 6.07) is 6.24. The minimum absolute atomic E-state index is 0.00643. The number of carbonyl (C=O) groups is 1. The summed E-state index contributed by atoms with van der Waals surface area (Å²) >= 11 is 6.73. The number of terminal acetylenes is 1. The van der Waals surface area contributed by atoms with Crippen molar-refractivity contribution in [3.8, 4) is 35.2 Å². The second-order valence-electron chi connectivity index (χ2n) is 11.8. The third-order valence-electron chi connectivity index (χ3n) is 8.65. The normalized spacial score (nSPS) is 18.4. The SMILES string of the molecule is C#Cc1c(F)ccc2cc(O)cc(-c3c(Cl)cc4c(N5CCN(C(=O)C=C)CC(F)(F)C5)nc(OC[C@@H]5CCCN5C)nc4c3F)c12. The van der Waals surface area contributed by atoms with E-state index in [2.05, 4.69) is 27.4 Å². The molecule has 1 aromatic heterocycles. The number of likely N-dealkylation sites (tertiary alicyclic amines) is 1. The van der Waals surface area contributed by atoms with Crippen molar-refractivity contribution in [2.45, 2.75) is 24.8 Å². The number of hydrogen-bond acceptors (Lipinski definition) is 7. The van der Waals surface area contributed by atoms with Crippen molar-refractivity contribution in [2.75, 3.05) is 51.3 Å². The number of ether oxygens (including phenoxy) is 1. The molecule has 47 heavy (non-hydrogen) atoms. The van der Waals surface area contributed by atoms with Gasteiger partial charge in [0.1, 0.15) is 29.5 Å². The summed E-state index contributed by atoms with van der Waals surface area (Å²) in [5.74, 6) is -3.75. The van der Waals surface area contributed by atoms with Crippen LogP contribution in [0.4, 0.5) is 23.4 Å². The Labute approximate surface area is 273 Å². The molecule has 2 aliphatic heterocycles. The Hall–Kier alpha value is -4.60. The lowest BCUT2D eigenvalue weighted by molar-refractivity contribution is -0.130. The fourth-order valence-corrected chi connectivity index (χ4v) is 6.64. The Morgan fingerprint density at radius 2 is 2.00 bits per heavy atom. The zero-order valence-corrected chi connectivity index (χ0v) is 26.1. The van der Waals surface area contributed by atoms with E-state index in [0.717, 1.165) is 36.4 Å².